The molecule has 80 valence electrons. The molecule has 0 aromatic heterocycles. The molecule has 2 rings (SSSR count). The molecule has 1 fully saturated rings. The first-order valence-corrected chi connectivity index (χ1v) is 5.16. The molecular formula is C11H15N3O. The Bertz CT molecular complexity index is 359. The molecule has 4 N–H and O–H groups in total. The largest absolute Gasteiger partial charge is 0.351 e. The Kier molecular flexibility index (Phi) is 2.87. The van der Waals surface area contributed by atoms with Gasteiger partial charge < -0.3 is 16.4 Å². The van der Waals surface area contributed by atoms with E-state index in [9.17, 15) is 4.79 Å². The highest BCUT2D eigenvalue weighted by atomic mass is 16.2. The Morgan fingerprint density at radius 3 is 2.93 bits per heavy atom. The molecule has 1 unspecified atom stereocenters. The fourth-order valence-electron chi connectivity index (χ4n) is 2.00. The van der Waals surface area contributed by atoms with Gasteiger partial charge in [-0.2, -0.15) is 0 Å². The molecule has 1 aliphatic rings. The number of nitrogens with one attached hydrogen (secondary N) is 2. The van der Waals surface area contributed by atoms with Gasteiger partial charge in [-0.05, 0) is 31.0 Å². The van der Waals surface area contributed by atoms with Crippen molar-refractivity contribution in [3.63, 3.8) is 0 Å². The minimum absolute atomic E-state index is 0.341. The summed E-state index contributed by atoms with van der Waals surface area (Å²) in [4.78, 5) is 10.8. The summed E-state index contributed by atoms with van der Waals surface area (Å²) in [6, 6.07) is 7.59. The van der Waals surface area contributed by atoms with E-state index < -0.39 is 6.03 Å². The highest BCUT2D eigenvalue weighted by molar-refractivity contribution is 5.88. The Labute approximate surface area is 88.9 Å². The van der Waals surface area contributed by atoms with Crippen LogP contribution in [0.4, 0.5) is 10.5 Å². The van der Waals surface area contributed by atoms with Crippen LogP contribution in [-0.4, -0.2) is 12.6 Å². The van der Waals surface area contributed by atoms with Crippen LogP contribution in [0, 0.1) is 0 Å². The molecule has 1 aromatic rings. The maximum atomic E-state index is 10.8. The zero-order valence-electron chi connectivity index (χ0n) is 8.49. The summed E-state index contributed by atoms with van der Waals surface area (Å²) in [5.41, 5.74) is 7.05. The molecule has 1 aliphatic heterocycles. The predicted octanol–water partition coefficient (Wildman–Crippen LogP) is 1.60. The number of anilines is 1. The number of nitrogens with two attached hydrogens (primary N) is 1. The van der Waals surface area contributed by atoms with E-state index >= 15 is 0 Å². The summed E-state index contributed by atoms with van der Waals surface area (Å²) in [5, 5.41) is 6.04. The molecule has 0 spiro atoms. The molecule has 0 bridgehead atoms. The van der Waals surface area contributed by atoms with Gasteiger partial charge in [0.25, 0.3) is 0 Å². The second-order valence-corrected chi connectivity index (χ2v) is 3.73. The third kappa shape index (κ3) is 2.27. The molecule has 0 aliphatic carbocycles. The number of urea groups is 1. The van der Waals surface area contributed by atoms with Crippen molar-refractivity contribution in [2.24, 2.45) is 5.73 Å². The van der Waals surface area contributed by atoms with E-state index in [0.717, 1.165) is 24.2 Å². The number of amides is 2. The molecule has 1 saturated heterocycles. The van der Waals surface area contributed by atoms with Crippen LogP contribution in [0.15, 0.2) is 24.3 Å². The molecule has 0 saturated carbocycles. The van der Waals surface area contributed by atoms with Gasteiger partial charge in [0.2, 0.25) is 0 Å². The third-order valence-electron chi connectivity index (χ3n) is 2.65. The van der Waals surface area contributed by atoms with E-state index in [4.69, 9.17) is 5.73 Å². The fourth-order valence-corrected chi connectivity index (χ4v) is 2.00. The number of rotatable bonds is 2. The van der Waals surface area contributed by atoms with Crippen LogP contribution in [-0.2, 0) is 0 Å². The average Bonchev–Trinajstić information content (AvgIpc) is 2.70. The standard InChI is InChI=1S/C11H15N3O/c12-11(15)14-10-5-2-1-4-8(10)9-6-3-7-13-9/h1-2,4-5,9,13H,3,6-7H2,(H3,12,14,15). The molecule has 2 amide bonds. The van der Waals surface area contributed by atoms with Crippen molar-refractivity contribution in [3.8, 4) is 0 Å². The molecule has 4 heteroatoms. The topological polar surface area (TPSA) is 67.2 Å². The number of para-hydroxylation sites is 1. The van der Waals surface area contributed by atoms with E-state index in [0.29, 0.717) is 6.04 Å². The summed E-state index contributed by atoms with van der Waals surface area (Å²) in [5.74, 6) is 0. The maximum absolute atomic E-state index is 10.8. The molecule has 4 nitrogen and oxygen atoms in total. The Morgan fingerprint density at radius 1 is 1.47 bits per heavy atom. The summed E-state index contributed by atoms with van der Waals surface area (Å²) >= 11 is 0. The zero-order chi connectivity index (χ0) is 10.7. The lowest BCUT2D eigenvalue weighted by Gasteiger charge is -2.15. The SMILES string of the molecule is NC(=O)Nc1ccccc1C1CCCN1. The van der Waals surface area contributed by atoms with Crippen LogP contribution in [0.25, 0.3) is 0 Å². The highest BCUT2D eigenvalue weighted by Crippen LogP contribution is 2.28. The highest BCUT2D eigenvalue weighted by Gasteiger charge is 2.18. The summed E-state index contributed by atoms with van der Waals surface area (Å²) in [6.07, 6.45) is 2.28. The van der Waals surface area contributed by atoms with E-state index in [1.54, 1.807) is 0 Å². The van der Waals surface area contributed by atoms with Crippen molar-refractivity contribution in [2.45, 2.75) is 18.9 Å². The van der Waals surface area contributed by atoms with Crippen molar-refractivity contribution < 1.29 is 4.79 Å². The van der Waals surface area contributed by atoms with Gasteiger partial charge in [-0.25, -0.2) is 4.79 Å². The predicted molar refractivity (Wildman–Crippen MR) is 59.6 cm³/mol. The zero-order valence-corrected chi connectivity index (χ0v) is 8.49. The molecule has 1 atom stereocenters. The first-order valence-electron chi connectivity index (χ1n) is 5.16. The second-order valence-electron chi connectivity index (χ2n) is 3.73. The Balaban J connectivity index is 2.24. The van der Waals surface area contributed by atoms with Crippen LogP contribution in [0.5, 0.6) is 0 Å². The Morgan fingerprint density at radius 2 is 2.27 bits per heavy atom. The first kappa shape index (κ1) is 9.98. The average molecular weight is 205 g/mol. The number of primary amides is 1. The molecule has 15 heavy (non-hydrogen) atoms. The molecule has 1 aromatic carbocycles. The van der Waals surface area contributed by atoms with E-state index in [-0.39, 0.29) is 0 Å². The minimum atomic E-state index is -0.513. The quantitative estimate of drug-likeness (QED) is 0.686. The smallest absolute Gasteiger partial charge is 0.316 e. The van der Waals surface area contributed by atoms with Crippen LogP contribution in [0.3, 0.4) is 0 Å². The minimum Gasteiger partial charge on any atom is -0.351 e. The number of hydrogen-bond donors (Lipinski definition) is 3. The van der Waals surface area contributed by atoms with Gasteiger partial charge in [-0.3, -0.25) is 0 Å². The van der Waals surface area contributed by atoms with Crippen LogP contribution < -0.4 is 16.4 Å². The molecule has 0 radical (unpaired) electrons. The third-order valence-corrected chi connectivity index (χ3v) is 2.65. The monoisotopic (exact) mass is 205 g/mol. The lowest BCUT2D eigenvalue weighted by atomic mass is 10.0. The van der Waals surface area contributed by atoms with Gasteiger partial charge in [0.1, 0.15) is 0 Å². The van der Waals surface area contributed by atoms with Gasteiger partial charge in [-0.15, -0.1) is 0 Å². The van der Waals surface area contributed by atoms with Crippen molar-refractivity contribution in [3.05, 3.63) is 29.8 Å². The number of benzene rings is 1. The van der Waals surface area contributed by atoms with Gasteiger partial charge in [0, 0.05) is 11.7 Å². The van der Waals surface area contributed by atoms with Crippen LogP contribution in [0.2, 0.25) is 0 Å². The van der Waals surface area contributed by atoms with Crippen molar-refractivity contribution >= 4 is 11.7 Å². The van der Waals surface area contributed by atoms with Gasteiger partial charge in [-0.1, -0.05) is 18.2 Å². The maximum Gasteiger partial charge on any atom is 0.316 e. The van der Waals surface area contributed by atoms with Crippen molar-refractivity contribution in [1.82, 2.24) is 5.32 Å². The number of carbonyl (C=O) groups excluding carboxylic acids is 1. The van der Waals surface area contributed by atoms with E-state index in [1.165, 1.54) is 6.42 Å². The normalized spacial score (nSPS) is 20.1. The summed E-state index contributed by atoms with van der Waals surface area (Å²) in [7, 11) is 0. The number of carbonyl (C=O) groups is 1. The lowest BCUT2D eigenvalue weighted by molar-refractivity contribution is 0.259. The molecule has 1 heterocycles. The second kappa shape index (κ2) is 4.31. The first-order chi connectivity index (χ1) is 7.27. The number of hydrogen-bond acceptors (Lipinski definition) is 2. The Hall–Kier alpha value is -1.55. The fraction of sp³-hybridized carbons (Fsp3) is 0.364. The molecular weight excluding hydrogens is 190 g/mol. The summed E-state index contributed by atoms with van der Waals surface area (Å²) in [6.45, 7) is 1.04. The van der Waals surface area contributed by atoms with Crippen molar-refractivity contribution in [1.29, 1.82) is 0 Å². The van der Waals surface area contributed by atoms with Gasteiger partial charge >= 0.3 is 6.03 Å². The van der Waals surface area contributed by atoms with Crippen LogP contribution in [0.1, 0.15) is 24.4 Å². The van der Waals surface area contributed by atoms with Gasteiger partial charge in [0.15, 0.2) is 0 Å². The van der Waals surface area contributed by atoms with Gasteiger partial charge in [0.05, 0.1) is 0 Å². The van der Waals surface area contributed by atoms with E-state index in [2.05, 4.69) is 10.6 Å². The van der Waals surface area contributed by atoms with Crippen molar-refractivity contribution in [2.75, 3.05) is 11.9 Å². The summed E-state index contributed by atoms with van der Waals surface area (Å²) < 4.78 is 0. The lowest BCUT2D eigenvalue weighted by Crippen LogP contribution is -2.22. The van der Waals surface area contributed by atoms with Crippen LogP contribution >= 0.6 is 0 Å². The van der Waals surface area contributed by atoms with E-state index in [1.807, 2.05) is 24.3 Å².